The molecular weight excluding hydrogens is 295 g/mol. The lowest BCUT2D eigenvalue weighted by molar-refractivity contribution is 0.491. The molecule has 2 nitrogen and oxygen atoms in total. The standard InChI is InChI=1S/C18H17FN2S/c1-12-5-6-17-14(7-12)9-15(10-20)18(21-17)22-11-13-3-2-4-16(19)8-13/h2-4,8-9,12H,5-7,11H2,1H3. The molecule has 1 atom stereocenters. The van der Waals surface area contributed by atoms with Gasteiger partial charge >= 0.3 is 0 Å². The van der Waals surface area contributed by atoms with E-state index in [-0.39, 0.29) is 5.82 Å². The molecular formula is C18H17FN2S. The van der Waals surface area contributed by atoms with E-state index in [4.69, 9.17) is 4.98 Å². The lowest BCUT2D eigenvalue weighted by Gasteiger charge is -2.21. The molecule has 22 heavy (non-hydrogen) atoms. The van der Waals surface area contributed by atoms with E-state index >= 15 is 0 Å². The van der Waals surface area contributed by atoms with E-state index in [1.807, 2.05) is 12.1 Å². The van der Waals surface area contributed by atoms with Crippen LogP contribution in [-0.2, 0) is 18.6 Å². The Hall–Kier alpha value is -1.86. The minimum atomic E-state index is -0.231. The summed E-state index contributed by atoms with van der Waals surface area (Å²) in [6.07, 6.45) is 3.14. The number of thioether (sulfide) groups is 1. The molecule has 0 N–H and O–H groups in total. The maximum absolute atomic E-state index is 13.2. The number of aryl methyl sites for hydroxylation is 1. The highest BCUT2D eigenvalue weighted by Crippen LogP contribution is 2.30. The van der Waals surface area contributed by atoms with Crippen LogP contribution in [0.15, 0.2) is 35.4 Å². The number of benzene rings is 1. The second-order valence-corrected chi connectivity index (χ2v) is 6.79. The van der Waals surface area contributed by atoms with Crippen molar-refractivity contribution in [3.05, 3.63) is 58.5 Å². The van der Waals surface area contributed by atoms with Gasteiger partial charge in [-0.3, -0.25) is 0 Å². The summed E-state index contributed by atoms with van der Waals surface area (Å²) in [6.45, 7) is 2.24. The van der Waals surface area contributed by atoms with E-state index in [0.717, 1.165) is 35.5 Å². The molecule has 0 fully saturated rings. The monoisotopic (exact) mass is 312 g/mol. The number of fused-ring (bicyclic) bond motifs is 1. The first kappa shape index (κ1) is 15.1. The number of nitriles is 1. The summed E-state index contributed by atoms with van der Waals surface area (Å²) in [4.78, 5) is 4.70. The lowest BCUT2D eigenvalue weighted by atomic mass is 9.87. The van der Waals surface area contributed by atoms with Gasteiger partial charge in [0.15, 0.2) is 0 Å². The minimum Gasteiger partial charge on any atom is -0.245 e. The third kappa shape index (κ3) is 3.31. The van der Waals surface area contributed by atoms with Crippen LogP contribution in [0.3, 0.4) is 0 Å². The van der Waals surface area contributed by atoms with Gasteiger partial charge in [-0.15, -0.1) is 11.8 Å². The van der Waals surface area contributed by atoms with Crippen LogP contribution in [0.5, 0.6) is 0 Å². The van der Waals surface area contributed by atoms with Crippen molar-refractivity contribution in [1.29, 1.82) is 5.26 Å². The molecule has 112 valence electrons. The first-order chi connectivity index (χ1) is 10.7. The summed E-state index contributed by atoms with van der Waals surface area (Å²) in [7, 11) is 0. The van der Waals surface area contributed by atoms with Gasteiger partial charge < -0.3 is 0 Å². The third-order valence-electron chi connectivity index (χ3n) is 3.98. The van der Waals surface area contributed by atoms with Crippen molar-refractivity contribution in [3.8, 4) is 6.07 Å². The summed E-state index contributed by atoms with van der Waals surface area (Å²) in [6, 6.07) is 10.8. The molecule has 3 rings (SSSR count). The first-order valence-electron chi connectivity index (χ1n) is 7.46. The Balaban J connectivity index is 1.83. The van der Waals surface area contributed by atoms with Gasteiger partial charge in [-0.05, 0) is 54.5 Å². The van der Waals surface area contributed by atoms with E-state index in [9.17, 15) is 9.65 Å². The van der Waals surface area contributed by atoms with Crippen molar-refractivity contribution in [2.75, 3.05) is 0 Å². The topological polar surface area (TPSA) is 36.7 Å². The van der Waals surface area contributed by atoms with Crippen LogP contribution in [0.25, 0.3) is 0 Å². The largest absolute Gasteiger partial charge is 0.245 e. The molecule has 0 saturated carbocycles. The summed E-state index contributed by atoms with van der Waals surface area (Å²) in [5.74, 6) is 1.05. The maximum Gasteiger partial charge on any atom is 0.123 e. The summed E-state index contributed by atoms with van der Waals surface area (Å²) < 4.78 is 13.2. The normalized spacial score (nSPS) is 16.9. The van der Waals surface area contributed by atoms with Gasteiger partial charge in [-0.25, -0.2) is 9.37 Å². The molecule has 1 aromatic heterocycles. The zero-order valence-corrected chi connectivity index (χ0v) is 13.3. The average Bonchev–Trinajstić information content (AvgIpc) is 2.52. The number of aromatic nitrogens is 1. The van der Waals surface area contributed by atoms with E-state index in [2.05, 4.69) is 13.0 Å². The number of rotatable bonds is 3. The Morgan fingerprint density at radius 1 is 1.41 bits per heavy atom. The van der Waals surface area contributed by atoms with Crippen molar-refractivity contribution in [3.63, 3.8) is 0 Å². The zero-order valence-electron chi connectivity index (χ0n) is 12.5. The number of pyridine rings is 1. The number of halogens is 1. The van der Waals surface area contributed by atoms with E-state index in [1.54, 1.807) is 6.07 Å². The van der Waals surface area contributed by atoms with Gasteiger partial charge in [0.05, 0.1) is 5.56 Å². The van der Waals surface area contributed by atoms with Crippen molar-refractivity contribution >= 4 is 11.8 Å². The Morgan fingerprint density at radius 2 is 2.27 bits per heavy atom. The predicted octanol–water partition coefficient (Wildman–Crippen LogP) is 4.51. The fourth-order valence-electron chi connectivity index (χ4n) is 2.80. The Kier molecular flexibility index (Phi) is 4.44. The molecule has 4 heteroatoms. The van der Waals surface area contributed by atoms with Crippen molar-refractivity contribution < 1.29 is 4.39 Å². The molecule has 1 unspecified atom stereocenters. The third-order valence-corrected chi connectivity index (χ3v) is 5.05. The summed E-state index contributed by atoms with van der Waals surface area (Å²) >= 11 is 1.51. The second-order valence-electron chi connectivity index (χ2n) is 5.83. The van der Waals surface area contributed by atoms with Crippen molar-refractivity contribution in [1.82, 2.24) is 4.98 Å². The molecule has 1 aromatic carbocycles. The fraction of sp³-hybridized carbons (Fsp3) is 0.333. The van der Waals surface area contributed by atoms with Crippen LogP contribution in [0, 0.1) is 23.1 Å². The van der Waals surface area contributed by atoms with Crippen LogP contribution in [0.2, 0.25) is 0 Å². The highest BCUT2D eigenvalue weighted by Gasteiger charge is 2.19. The van der Waals surface area contributed by atoms with Crippen molar-refractivity contribution in [2.45, 2.75) is 37.0 Å². The number of hydrogen-bond acceptors (Lipinski definition) is 3. The molecule has 1 aliphatic carbocycles. The zero-order chi connectivity index (χ0) is 15.5. The van der Waals surface area contributed by atoms with Crippen LogP contribution >= 0.6 is 11.8 Å². The first-order valence-corrected chi connectivity index (χ1v) is 8.44. The van der Waals surface area contributed by atoms with E-state index < -0.39 is 0 Å². The molecule has 0 aliphatic heterocycles. The van der Waals surface area contributed by atoms with Gasteiger partial charge in [-0.2, -0.15) is 5.26 Å². The highest BCUT2D eigenvalue weighted by atomic mass is 32.2. The Labute approximate surface area is 134 Å². The summed E-state index contributed by atoms with van der Waals surface area (Å²) in [5.41, 5.74) is 3.88. The molecule has 2 aromatic rings. The highest BCUT2D eigenvalue weighted by molar-refractivity contribution is 7.98. The van der Waals surface area contributed by atoms with E-state index in [0.29, 0.717) is 17.2 Å². The minimum absolute atomic E-state index is 0.231. The molecule has 1 heterocycles. The quantitative estimate of drug-likeness (QED) is 0.782. The SMILES string of the molecule is CC1CCc2nc(SCc3cccc(F)c3)c(C#N)cc2C1. The fourth-order valence-corrected chi connectivity index (χ4v) is 3.71. The van der Waals surface area contributed by atoms with Crippen molar-refractivity contribution in [2.24, 2.45) is 5.92 Å². The van der Waals surface area contributed by atoms with Gasteiger partial charge in [0.1, 0.15) is 16.9 Å². The van der Waals surface area contributed by atoms with Crippen LogP contribution < -0.4 is 0 Å². The predicted molar refractivity (Wildman–Crippen MR) is 86.1 cm³/mol. The Bertz CT molecular complexity index is 736. The molecule has 0 saturated heterocycles. The lowest BCUT2D eigenvalue weighted by Crippen LogP contribution is -2.14. The number of hydrogen-bond donors (Lipinski definition) is 0. The second kappa shape index (κ2) is 6.50. The van der Waals surface area contributed by atoms with Crippen LogP contribution in [0.1, 0.15) is 35.7 Å². The Morgan fingerprint density at radius 3 is 3.05 bits per heavy atom. The van der Waals surface area contributed by atoms with Crippen LogP contribution in [-0.4, -0.2) is 4.98 Å². The van der Waals surface area contributed by atoms with Gasteiger partial charge in [-0.1, -0.05) is 19.1 Å². The average molecular weight is 312 g/mol. The van der Waals surface area contributed by atoms with Crippen LogP contribution in [0.4, 0.5) is 4.39 Å². The molecule has 0 spiro atoms. The summed E-state index contributed by atoms with van der Waals surface area (Å²) in [5, 5.41) is 10.1. The van der Waals surface area contributed by atoms with Gasteiger partial charge in [0.2, 0.25) is 0 Å². The maximum atomic E-state index is 13.2. The molecule has 0 bridgehead atoms. The number of nitrogens with zero attached hydrogens (tertiary/aromatic N) is 2. The van der Waals surface area contributed by atoms with E-state index in [1.165, 1.54) is 29.5 Å². The molecule has 0 radical (unpaired) electrons. The van der Waals surface area contributed by atoms with Gasteiger partial charge in [0.25, 0.3) is 0 Å². The van der Waals surface area contributed by atoms with Gasteiger partial charge in [0, 0.05) is 11.4 Å². The smallest absolute Gasteiger partial charge is 0.123 e. The molecule has 1 aliphatic rings. The molecule has 0 amide bonds.